The summed E-state index contributed by atoms with van der Waals surface area (Å²) < 4.78 is 32.9. The molecule has 29 heavy (non-hydrogen) atoms. The minimum absolute atomic E-state index is 0.153. The lowest BCUT2D eigenvalue weighted by Crippen LogP contribution is -2.13. The molecule has 146 valence electrons. The van der Waals surface area contributed by atoms with Crippen LogP contribution in [0.3, 0.4) is 0 Å². The van der Waals surface area contributed by atoms with Gasteiger partial charge in [0.2, 0.25) is 11.8 Å². The zero-order valence-electron chi connectivity index (χ0n) is 14.7. The topological polar surface area (TPSA) is 51.0 Å². The van der Waals surface area contributed by atoms with Crippen LogP contribution in [0.1, 0.15) is 17.5 Å². The molecule has 0 aliphatic heterocycles. The third-order valence-electron chi connectivity index (χ3n) is 4.19. The highest BCUT2D eigenvalue weighted by molar-refractivity contribution is 6.31. The van der Waals surface area contributed by atoms with Crippen LogP contribution >= 0.6 is 23.2 Å². The predicted octanol–water partition coefficient (Wildman–Crippen LogP) is 6.52. The summed E-state index contributed by atoms with van der Waals surface area (Å²) >= 11 is 12.2. The zero-order valence-corrected chi connectivity index (χ0v) is 16.3. The van der Waals surface area contributed by atoms with Crippen molar-refractivity contribution in [2.45, 2.75) is 6.04 Å². The first-order valence-corrected chi connectivity index (χ1v) is 9.31. The standard InChI is InChI=1S/C21H13Cl2F2N3O/c22-13-4-7-16(8-5-13)26-19(17-9-6-15(25)11-18(17)23)21-28-27-20(29-21)12-2-1-3-14(24)10-12/h1-11,19,26H/t19-/m0/s1. The summed E-state index contributed by atoms with van der Waals surface area (Å²) in [6.45, 7) is 0. The summed E-state index contributed by atoms with van der Waals surface area (Å²) in [4.78, 5) is 0. The van der Waals surface area contributed by atoms with Gasteiger partial charge in [0, 0.05) is 26.9 Å². The van der Waals surface area contributed by atoms with Gasteiger partial charge in [0.15, 0.2) is 0 Å². The molecule has 1 heterocycles. The molecule has 8 heteroatoms. The smallest absolute Gasteiger partial charge is 0.247 e. The van der Waals surface area contributed by atoms with E-state index in [1.807, 2.05) is 0 Å². The lowest BCUT2D eigenvalue weighted by atomic mass is 10.1. The maximum Gasteiger partial charge on any atom is 0.247 e. The van der Waals surface area contributed by atoms with Crippen LogP contribution in [0.2, 0.25) is 10.0 Å². The molecule has 0 unspecified atom stereocenters. The number of nitrogens with zero attached hydrogens (tertiary/aromatic N) is 2. The Morgan fingerprint density at radius 1 is 0.862 bits per heavy atom. The molecular formula is C21H13Cl2F2N3O. The summed E-state index contributed by atoms with van der Waals surface area (Å²) in [6, 6.07) is 16.2. The fourth-order valence-electron chi connectivity index (χ4n) is 2.81. The van der Waals surface area contributed by atoms with Crippen LogP contribution in [-0.4, -0.2) is 10.2 Å². The molecule has 0 amide bonds. The van der Waals surface area contributed by atoms with Crippen LogP contribution in [0.25, 0.3) is 11.5 Å². The summed E-state index contributed by atoms with van der Waals surface area (Å²) in [5, 5.41) is 12.1. The van der Waals surface area contributed by atoms with Crippen LogP contribution in [-0.2, 0) is 0 Å². The van der Waals surface area contributed by atoms with Crippen LogP contribution in [0.4, 0.5) is 14.5 Å². The fraction of sp³-hybridized carbons (Fsp3) is 0.0476. The van der Waals surface area contributed by atoms with E-state index in [9.17, 15) is 8.78 Å². The van der Waals surface area contributed by atoms with Gasteiger partial charge in [0.1, 0.15) is 17.7 Å². The number of hydrogen-bond donors (Lipinski definition) is 1. The van der Waals surface area contributed by atoms with E-state index in [0.717, 1.165) is 0 Å². The Morgan fingerprint density at radius 3 is 2.34 bits per heavy atom. The van der Waals surface area contributed by atoms with Gasteiger partial charge in [-0.25, -0.2) is 8.78 Å². The van der Waals surface area contributed by atoms with Crippen molar-refractivity contribution in [2.75, 3.05) is 5.32 Å². The van der Waals surface area contributed by atoms with E-state index < -0.39 is 17.7 Å². The highest BCUT2D eigenvalue weighted by Gasteiger charge is 2.24. The quantitative estimate of drug-likeness (QED) is 0.390. The Bertz CT molecular complexity index is 1150. The first kappa shape index (κ1) is 19.4. The molecule has 0 aliphatic carbocycles. The maximum absolute atomic E-state index is 13.5. The van der Waals surface area contributed by atoms with Gasteiger partial charge in [-0.2, -0.15) is 0 Å². The van der Waals surface area contributed by atoms with E-state index in [-0.39, 0.29) is 16.8 Å². The van der Waals surface area contributed by atoms with Gasteiger partial charge in [-0.1, -0.05) is 35.3 Å². The number of nitrogens with one attached hydrogen (secondary N) is 1. The first-order valence-electron chi connectivity index (χ1n) is 8.56. The number of anilines is 1. The normalized spacial score (nSPS) is 12.0. The van der Waals surface area contributed by atoms with E-state index in [2.05, 4.69) is 15.5 Å². The number of benzene rings is 3. The Morgan fingerprint density at radius 2 is 1.62 bits per heavy atom. The number of hydrogen-bond acceptors (Lipinski definition) is 4. The van der Waals surface area contributed by atoms with Crippen LogP contribution in [0, 0.1) is 11.6 Å². The monoisotopic (exact) mass is 431 g/mol. The molecule has 0 aliphatic rings. The van der Waals surface area contributed by atoms with Crippen molar-refractivity contribution in [2.24, 2.45) is 0 Å². The predicted molar refractivity (Wildman–Crippen MR) is 108 cm³/mol. The third-order valence-corrected chi connectivity index (χ3v) is 4.77. The Hall–Kier alpha value is -2.96. The van der Waals surface area contributed by atoms with E-state index in [1.165, 1.54) is 30.3 Å². The van der Waals surface area contributed by atoms with Gasteiger partial charge in [-0.05, 0) is 54.6 Å². The van der Waals surface area contributed by atoms with Gasteiger partial charge in [0.25, 0.3) is 0 Å². The van der Waals surface area contributed by atoms with Crippen molar-refractivity contribution in [3.63, 3.8) is 0 Å². The Balaban J connectivity index is 1.74. The van der Waals surface area contributed by atoms with Gasteiger partial charge in [0.05, 0.1) is 0 Å². The van der Waals surface area contributed by atoms with Crippen LogP contribution in [0.5, 0.6) is 0 Å². The first-order chi connectivity index (χ1) is 14.0. The van der Waals surface area contributed by atoms with E-state index >= 15 is 0 Å². The van der Waals surface area contributed by atoms with Gasteiger partial charge < -0.3 is 9.73 Å². The molecule has 0 spiro atoms. The average Bonchev–Trinajstić information content (AvgIpc) is 3.18. The Kier molecular flexibility index (Phi) is 5.47. The summed E-state index contributed by atoms with van der Waals surface area (Å²) in [7, 11) is 0. The van der Waals surface area contributed by atoms with Gasteiger partial charge >= 0.3 is 0 Å². The molecule has 1 aromatic heterocycles. The zero-order chi connectivity index (χ0) is 20.4. The SMILES string of the molecule is Fc1cccc(-c2nnc([C@@H](Nc3ccc(Cl)cc3)c3ccc(F)cc3Cl)o2)c1. The molecular weight excluding hydrogens is 419 g/mol. The van der Waals surface area contributed by atoms with Crippen molar-refractivity contribution in [1.82, 2.24) is 10.2 Å². The van der Waals surface area contributed by atoms with Crippen molar-refractivity contribution in [3.05, 3.63) is 99.9 Å². The minimum atomic E-state index is -0.668. The molecule has 0 saturated heterocycles. The van der Waals surface area contributed by atoms with Crippen molar-refractivity contribution >= 4 is 28.9 Å². The summed E-state index contributed by atoms with van der Waals surface area (Å²) in [5.41, 5.74) is 1.70. The summed E-state index contributed by atoms with van der Waals surface area (Å²) in [5.74, 6) is -0.539. The third kappa shape index (κ3) is 4.39. The molecule has 0 radical (unpaired) electrons. The fourth-order valence-corrected chi connectivity index (χ4v) is 3.21. The maximum atomic E-state index is 13.5. The minimum Gasteiger partial charge on any atom is -0.418 e. The molecule has 4 aromatic rings. The molecule has 1 N–H and O–H groups in total. The lowest BCUT2D eigenvalue weighted by molar-refractivity contribution is 0.493. The molecule has 3 aromatic carbocycles. The summed E-state index contributed by atoms with van der Waals surface area (Å²) in [6.07, 6.45) is 0. The van der Waals surface area contributed by atoms with Crippen molar-refractivity contribution in [3.8, 4) is 11.5 Å². The number of rotatable bonds is 5. The highest BCUT2D eigenvalue weighted by Crippen LogP contribution is 2.33. The van der Waals surface area contributed by atoms with Gasteiger partial charge in [-0.3, -0.25) is 0 Å². The molecule has 1 atom stereocenters. The molecule has 0 bridgehead atoms. The molecule has 4 nitrogen and oxygen atoms in total. The second-order valence-electron chi connectivity index (χ2n) is 6.21. The van der Waals surface area contributed by atoms with E-state index in [1.54, 1.807) is 36.4 Å². The second-order valence-corrected chi connectivity index (χ2v) is 7.05. The van der Waals surface area contributed by atoms with Crippen LogP contribution < -0.4 is 5.32 Å². The van der Waals surface area contributed by atoms with E-state index in [0.29, 0.717) is 21.8 Å². The number of halogens is 4. The second kappa shape index (κ2) is 8.19. The average molecular weight is 432 g/mol. The molecule has 0 saturated carbocycles. The molecule has 0 fully saturated rings. The van der Waals surface area contributed by atoms with E-state index in [4.69, 9.17) is 27.6 Å². The lowest BCUT2D eigenvalue weighted by Gasteiger charge is -2.18. The van der Waals surface area contributed by atoms with Gasteiger partial charge in [-0.15, -0.1) is 10.2 Å². The Labute approximate surface area is 175 Å². The highest BCUT2D eigenvalue weighted by atomic mass is 35.5. The molecule has 4 rings (SSSR count). The largest absolute Gasteiger partial charge is 0.418 e. The van der Waals surface area contributed by atoms with Crippen molar-refractivity contribution < 1.29 is 13.2 Å². The van der Waals surface area contributed by atoms with Crippen molar-refractivity contribution in [1.29, 1.82) is 0 Å². The van der Waals surface area contributed by atoms with Crippen LogP contribution in [0.15, 0.2) is 71.1 Å². The number of aromatic nitrogens is 2.